The highest BCUT2D eigenvalue weighted by atomic mass is 79.9. The Labute approximate surface area is 178 Å². The molecule has 0 aromatic heterocycles. The molecule has 0 aliphatic carbocycles. The van der Waals surface area contributed by atoms with Gasteiger partial charge in [0.2, 0.25) is 15.9 Å². The first-order chi connectivity index (χ1) is 13.9. The van der Waals surface area contributed by atoms with Crippen LogP contribution in [0.4, 0.5) is 4.39 Å². The van der Waals surface area contributed by atoms with E-state index in [4.69, 9.17) is 4.74 Å². The number of hydrogen-bond donors (Lipinski definition) is 1. The van der Waals surface area contributed by atoms with Crippen LogP contribution < -0.4 is 10.1 Å². The minimum atomic E-state index is -3.67. The van der Waals surface area contributed by atoms with Crippen LogP contribution in [0.3, 0.4) is 0 Å². The number of rotatable bonds is 7. The third-order valence-electron chi connectivity index (χ3n) is 4.74. The van der Waals surface area contributed by atoms with Crippen LogP contribution in [0, 0.1) is 11.7 Å². The molecule has 1 aliphatic rings. The van der Waals surface area contributed by atoms with Gasteiger partial charge in [-0.3, -0.25) is 4.79 Å². The number of piperidine rings is 1. The summed E-state index contributed by atoms with van der Waals surface area (Å²) in [5.41, 5.74) is 0. The topological polar surface area (TPSA) is 75.7 Å². The number of ether oxygens (including phenoxy) is 1. The summed E-state index contributed by atoms with van der Waals surface area (Å²) in [6.07, 6.45) is 0.886. The largest absolute Gasteiger partial charge is 0.492 e. The summed E-state index contributed by atoms with van der Waals surface area (Å²) < 4.78 is 46.1. The molecule has 156 valence electrons. The van der Waals surface area contributed by atoms with E-state index in [9.17, 15) is 17.6 Å². The number of halogens is 2. The summed E-state index contributed by atoms with van der Waals surface area (Å²) in [6.45, 7) is 1.23. The molecule has 1 saturated heterocycles. The van der Waals surface area contributed by atoms with E-state index in [1.165, 1.54) is 16.4 Å². The molecule has 1 N–H and O–H groups in total. The van der Waals surface area contributed by atoms with Gasteiger partial charge in [-0.1, -0.05) is 22.0 Å². The quantitative estimate of drug-likeness (QED) is 0.612. The first-order valence-electron chi connectivity index (χ1n) is 9.28. The van der Waals surface area contributed by atoms with Crippen molar-refractivity contribution >= 4 is 31.9 Å². The number of carbonyl (C=O) groups is 1. The third kappa shape index (κ3) is 5.77. The zero-order chi connectivity index (χ0) is 20.9. The Kier molecular flexibility index (Phi) is 7.26. The van der Waals surface area contributed by atoms with E-state index < -0.39 is 15.8 Å². The highest BCUT2D eigenvalue weighted by Gasteiger charge is 2.31. The van der Waals surface area contributed by atoms with E-state index in [2.05, 4.69) is 21.2 Å². The monoisotopic (exact) mass is 484 g/mol. The third-order valence-corrected chi connectivity index (χ3v) is 7.15. The predicted molar refractivity (Wildman–Crippen MR) is 111 cm³/mol. The molecule has 1 heterocycles. The van der Waals surface area contributed by atoms with E-state index in [0.29, 0.717) is 31.7 Å². The lowest BCUT2D eigenvalue weighted by molar-refractivity contribution is -0.126. The number of amides is 1. The molecule has 6 nitrogen and oxygen atoms in total. The minimum absolute atomic E-state index is 0.0616. The molecular weight excluding hydrogens is 463 g/mol. The Balaban J connectivity index is 1.44. The standard InChI is InChI=1S/C20H22BrFN2O4S/c21-16-2-1-3-18(14-16)28-13-10-23-20(25)15-8-11-24(12-9-15)29(26,27)19-6-4-17(22)5-7-19/h1-7,14-15H,8-13H2,(H,23,25). The predicted octanol–water partition coefficient (Wildman–Crippen LogP) is 3.18. The van der Waals surface area contributed by atoms with Gasteiger partial charge < -0.3 is 10.1 Å². The fourth-order valence-corrected chi connectivity index (χ4v) is 5.01. The Morgan fingerprint density at radius 2 is 1.86 bits per heavy atom. The van der Waals surface area contributed by atoms with Crippen molar-refractivity contribution in [2.45, 2.75) is 17.7 Å². The summed E-state index contributed by atoms with van der Waals surface area (Å²) in [7, 11) is -3.67. The Hall–Kier alpha value is -1.97. The molecule has 2 aromatic carbocycles. The van der Waals surface area contributed by atoms with Crippen LogP contribution >= 0.6 is 15.9 Å². The lowest BCUT2D eigenvalue weighted by atomic mass is 9.97. The number of benzene rings is 2. The summed E-state index contributed by atoms with van der Waals surface area (Å²) >= 11 is 3.37. The summed E-state index contributed by atoms with van der Waals surface area (Å²) in [5.74, 6) is -0.0988. The van der Waals surface area contributed by atoms with Crippen molar-refractivity contribution in [2.24, 2.45) is 5.92 Å². The molecule has 0 bridgehead atoms. The van der Waals surface area contributed by atoms with Gasteiger partial charge in [0, 0.05) is 23.5 Å². The summed E-state index contributed by atoms with van der Waals surface area (Å²) in [4.78, 5) is 12.4. The van der Waals surface area contributed by atoms with Gasteiger partial charge in [0.25, 0.3) is 0 Å². The summed E-state index contributed by atoms with van der Waals surface area (Å²) in [6, 6.07) is 12.2. The van der Waals surface area contributed by atoms with Crippen molar-refractivity contribution in [3.63, 3.8) is 0 Å². The van der Waals surface area contributed by atoms with Gasteiger partial charge in [0.15, 0.2) is 0 Å². The molecule has 9 heteroatoms. The first kappa shape index (κ1) is 21.7. The van der Waals surface area contributed by atoms with Crippen LogP contribution in [0.15, 0.2) is 57.9 Å². The minimum Gasteiger partial charge on any atom is -0.492 e. The van der Waals surface area contributed by atoms with Gasteiger partial charge in [-0.05, 0) is 55.3 Å². The average Bonchev–Trinajstić information content (AvgIpc) is 2.71. The second-order valence-electron chi connectivity index (χ2n) is 6.73. The van der Waals surface area contributed by atoms with Crippen molar-refractivity contribution in [2.75, 3.05) is 26.2 Å². The number of hydrogen-bond acceptors (Lipinski definition) is 4. The van der Waals surface area contributed by atoms with Gasteiger partial charge in [-0.2, -0.15) is 4.31 Å². The van der Waals surface area contributed by atoms with Crippen molar-refractivity contribution in [1.29, 1.82) is 0 Å². The second-order valence-corrected chi connectivity index (χ2v) is 9.58. The van der Waals surface area contributed by atoms with Crippen molar-refractivity contribution < 1.29 is 22.3 Å². The first-order valence-corrected chi connectivity index (χ1v) is 11.5. The van der Waals surface area contributed by atoms with Gasteiger partial charge in [-0.25, -0.2) is 12.8 Å². The van der Waals surface area contributed by atoms with Crippen LogP contribution in [0.25, 0.3) is 0 Å². The van der Waals surface area contributed by atoms with E-state index in [1.54, 1.807) is 0 Å². The van der Waals surface area contributed by atoms with Gasteiger partial charge >= 0.3 is 0 Å². The summed E-state index contributed by atoms with van der Waals surface area (Å²) in [5, 5.41) is 2.84. The van der Waals surface area contributed by atoms with Crippen LogP contribution in [-0.2, 0) is 14.8 Å². The smallest absolute Gasteiger partial charge is 0.243 e. The van der Waals surface area contributed by atoms with Crippen LogP contribution in [0.2, 0.25) is 0 Å². The molecule has 0 radical (unpaired) electrons. The zero-order valence-electron chi connectivity index (χ0n) is 15.7. The molecule has 1 fully saturated rings. The number of nitrogens with one attached hydrogen (secondary N) is 1. The highest BCUT2D eigenvalue weighted by Crippen LogP contribution is 2.24. The molecule has 0 atom stereocenters. The molecule has 29 heavy (non-hydrogen) atoms. The maximum absolute atomic E-state index is 13.0. The van der Waals surface area contributed by atoms with Gasteiger partial charge in [0.05, 0.1) is 11.4 Å². The Morgan fingerprint density at radius 3 is 2.52 bits per heavy atom. The Morgan fingerprint density at radius 1 is 1.17 bits per heavy atom. The van der Waals surface area contributed by atoms with Gasteiger partial charge in [-0.15, -0.1) is 0 Å². The van der Waals surface area contributed by atoms with E-state index in [-0.39, 0.29) is 29.8 Å². The van der Waals surface area contributed by atoms with Crippen LogP contribution in [-0.4, -0.2) is 44.9 Å². The van der Waals surface area contributed by atoms with Crippen LogP contribution in [0.5, 0.6) is 5.75 Å². The molecule has 0 saturated carbocycles. The highest BCUT2D eigenvalue weighted by molar-refractivity contribution is 9.10. The molecule has 0 spiro atoms. The van der Waals surface area contributed by atoms with E-state index in [1.807, 2.05) is 24.3 Å². The SMILES string of the molecule is O=C(NCCOc1cccc(Br)c1)C1CCN(S(=O)(=O)c2ccc(F)cc2)CC1. The van der Waals surface area contributed by atoms with Crippen LogP contribution in [0.1, 0.15) is 12.8 Å². The molecular formula is C20H22BrFN2O4S. The average molecular weight is 485 g/mol. The second kappa shape index (κ2) is 9.69. The van der Waals surface area contributed by atoms with Crippen molar-refractivity contribution in [3.8, 4) is 5.75 Å². The number of sulfonamides is 1. The molecule has 1 aliphatic heterocycles. The normalized spacial score (nSPS) is 15.8. The molecule has 1 amide bonds. The maximum atomic E-state index is 13.0. The lowest BCUT2D eigenvalue weighted by Gasteiger charge is -2.30. The van der Waals surface area contributed by atoms with Gasteiger partial charge in [0.1, 0.15) is 18.2 Å². The Bertz CT molecular complexity index is 945. The fourth-order valence-electron chi connectivity index (χ4n) is 3.16. The lowest BCUT2D eigenvalue weighted by Crippen LogP contribution is -2.43. The van der Waals surface area contributed by atoms with Crippen molar-refractivity contribution in [3.05, 3.63) is 58.8 Å². The number of nitrogens with zero attached hydrogens (tertiary/aromatic N) is 1. The molecule has 2 aromatic rings. The zero-order valence-corrected chi connectivity index (χ0v) is 18.1. The molecule has 3 rings (SSSR count). The van der Waals surface area contributed by atoms with Crippen molar-refractivity contribution in [1.82, 2.24) is 9.62 Å². The molecule has 0 unspecified atom stereocenters. The fraction of sp³-hybridized carbons (Fsp3) is 0.350. The maximum Gasteiger partial charge on any atom is 0.243 e. The van der Waals surface area contributed by atoms with E-state index in [0.717, 1.165) is 16.6 Å². The number of carbonyl (C=O) groups excluding carboxylic acids is 1. The van der Waals surface area contributed by atoms with E-state index >= 15 is 0 Å².